The number of rotatable bonds is 4. The molecule has 2 aliphatic rings. The molecule has 23 heavy (non-hydrogen) atoms. The van der Waals surface area contributed by atoms with Crippen LogP contribution in [0.25, 0.3) is 0 Å². The number of hydrogen-bond donors (Lipinski definition) is 1. The zero-order valence-corrected chi connectivity index (χ0v) is 13.5. The minimum Gasteiger partial charge on any atom is -0.469 e. The van der Waals surface area contributed by atoms with Gasteiger partial charge < -0.3 is 14.8 Å². The third kappa shape index (κ3) is 3.37. The Bertz CT molecular complexity index is 634. The fourth-order valence-electron chi connectivity index (χ4n) is 2.54. The van der Waals surface area contributed by atoms with E-state index in [9.17, 15) is 9.59 Å². The molecule has 8 heteroatoms. The summed E-state index contributed by atoms with van der Waals surface area (Å²) in [5.74, 6) is -0.146. The average molecular weight is 335 g/mol. The van der Waals surface area contributed by atoms with Crippen molar-refractivity contribution in [3.8, 4) is 0 Å². The van der Waals surface area contributed by atoms with E-state index >= 15 is 0 Å². The van der Waals surface area contributed by atoms with Crippen LogP contribution in [0.15, 0.2) is 24.3 Å². The first-order valence-electron chi connectivity index (χ1n) is 7.31. The van der Waals surface area contributed by atoms with Crippen molar-refractivity contribution in [1.29, 1.82) is 0 Å². The molecule has 0 aliphatic carbocycles. The summed E-state index contributed by atoms with van der Waals surface area (Å²) in [5.41, 5.74) is 1.67. The predicted molar refractivity (Wildman–Crippen MR) is 88.6 cm³/mol. The molecule has 2 amide bonds. The lowest BCUT2D eigenvalue weighted by atomic mass is 10.2. The molecule has 3 rings (SSSR count). The van der Waals surface area contributed by atoms with Gasteiger partial charge in [0.25, 0.3) is 5.17 Å². The highest BCUT2D eigenvalue weighted by molar-refractivity contribution is 7.80. The van der Waals surface area contributed by atoms with Gasteiger partial charge in [0.1, 0.15) is 12.7 Å². The van der Waals surface area contributed by atoms with Gasteiger partial charge in [0, 0.05) is 18.3 Å². The third-order valence-corrected chi connectivity index (χ3v) is 4.02. The highest BCUT2D eigenvalue weighted by atomic mass is 32.1. The molecule has 0 spiro atoms. The number of carbonyl (C=O) groups excluding carboxylic acids is 2. The fourth-order valence-corrected chi connectivity index (χ4v) is 2.82. The maximum Gasteiger partial charge on any atom is 0.414 e. The molecule has 1 aromatic carbocycles. The monoisotopic (exact) mass is 335 g/mol. The minimum absolute atomic E-state index is 0.146. The van der Waals surface area contributed by atoms with E-state index in [2.05, 4.69) is 5.32 Å². The smallest absolute Gasteiger partial charge is 0.414 e. The maximum absolute atomic E-state index is 12.0. The largest absolute Gasteiger partial charge is 0.469 e. The van der Waals surface area contributed by atoms with Crippen LogP contribution < -0.4 is 15.1 Å². The SMILES string of the molecule is CC(=O)NC[C@H]1CN(c2ccc(N3CCOC3=S)cc2)C(=O)O1. The normalized spacial score (nSPS) is 20.5. The Morgan fingerprint density at radius 3 is 2.52 bits per heavy atom. The molecule has 2 saturated heterocycles. The van der Waals surface area contributed by atoms with Gasteiger partial charge in [0.05, 0.1) is 19.6 Å². The Kier molecular flexibility index (Phi) is 4.33. The molecular weight excluding hydrogens is 318 g/mol. The molecule has 0 radical (unpaired) electrons. The van der Waals surface area contributed by atoms with Crippen molar-refractivity contribution in [2.45, 2.75) is 13.0 Å². The molecule has 1 atom stereocenters. The Balaban J connectivity index is 1.66. The molecule has 0 unspecified atom stereocenters. The van der Waals surface area contributed by atoms with Crippen molar-refractivity contribution in [3.63, 3.8) is 0 Å². The van der Waals surface area contributed by atoms with Gasteiger partial charge in [-0.2, -0.15) is 0 Å². The van der Waals surface area contributed by atoms with Crippen molar-refractivity contribution in [2.75, 3.05) is 36.0 Å². The van der Waals surface area contributed by atoms with E-state index in [1.165, 1.54) is 6.92 Å². The summed E-state index contributed by atoms with van der Waals surface area (Å²) in [7, 11) is 0. The molecule has 7 nitrogen and oxygen atoms in total. The lowest BCUT2D eigenvalue weighted by Crippen LogP contribution is -2.33. The second-order valence-corrected chi connectivity index (χ2v) is 5.69. The second-order valence-electron chi connectivity index (χ2n) is 5.34. The number of hydrogen-bond acceptors (Lipinski definition) is 5. The summed E-state index contributed by atoms with van der Waals surface area (Å²) in [4.78, 5) is 26.4. The number of nitrogens with zero attached hydrogens (tertiary/aromatic N) is 2. The number of carbonyl (C=O) groups is 2. The summed E-state index contributed by atoms with van der Waals surface area (Å²) in [5, 5.41) is 3.12. The lowest BCUT2D eigenvalue weighted by molar-refractivity contribution is -0.119. The Morgan fingerprint density at radius 1 is 1.30 bits per heavy atom. The molecule has 2 heterocycles. The number of thiocarbonyl (C=S) groups is 1. The van der Waals surface area contributed by atoms with Gasteiger partial charge in [-0.1, -0.05) is 0 Å². The van der Waals surface area contributed by atoms with E-state index in [-0.39, 0.29) is 12.0 Å². The van der Waals surface area contributed by atoms with Gasteiger partial charge in [-0.15, -0.1) is 0 Å². The highest BCUT2D eigenvalue weighted by Crippen LogP contribution is 2.26. The zero-order chi connectivity index (χ0) is 16.4. The van der Waals surface area contributed by atoms with Crippen LogP contribution in [0.3, 0.4) is 0 Å². The van der Waals surface area contributed by atoms with Gasteiger partial charge in [0.15, 0.2) is 0 Å². The van der Waals surface area contributed by atoms with Crippen LogP contribution in [0, 0.1) is 0 Å². The number of anilines is 2. The van der Waals surface area contributed by atoms with Crippen LogP contribution in [0.5, 0.6) is 0 Å². The van der Waals surface area contributed by atoms with Crippen LogP contribution in [0.1, 0.15) is 6.92 Å². The summed E-state index contributed by atoms with van der Waals surface area (Å²) in [6, 6.07) is 7.48. The number of nitrogens with one attached hydrogen (secondary N) is 1. The Hall–Kier alpha value is -2.35. The van der Waals surface area contributed by atoms with Crippen LogP contribution >= 0.6 is 12.2 Å². The number of benzene rings is 1. The summed E-state index contributed by atoms with van der Waals surface area (Å²) < 4.78 is 10.5. The van der Waals surface area contributed by atoms with Gasteiger partial charge in [-0.25, -0.2) is 4.79 Å². The summed E-state index contributed by atoms with van der Waals surface area (Å²) in [6.45, 7) is 3.46. The van der Waals surface area contributed by atoms with E-state index in [4.69, 9.17) is 21.7 Å². The number of amides is 2. The van der Waals surface area contributed by atoms with Crippen molar-refractivity contribution in [3.05, 3.63) is 24.3 Å². The van der Waals surface area contributed by atoms with E-state index in [0.717, 1.165) is 17.9 Å². The molecule has 0 aromatic heterocycles. The molecular formula is C15H17N3O4S. The Morgan fingerprint density at radius 2 is 1.96 bits per heavy atom. The van der Waals surface area contributed by atoms with E-state index < -0.39 is 6.09 Å². The topological polar surface area (TPSA) is 71.1 Å². The maximum atomic E-state index is 12.0. The van der Waals surface area contributed by atoms with Crippen LogP contribution in [0.4, 0.5) is 16.2 Å². The van der Waals surface area contributed by atoms with E-state index in [1.807, 2.05) is 29.2 Å². The second kappa shape index (κ2) is 6.41. The van der Waals surface area contributed by atoms with Crippen LogP contribution in [-0.2, 0) is 14.3 Å². The van der Waals surface area contributed by atoms with Crippen LogP contribution in [0.2, 0.25) is 0 Å². The quantitative estimate of drug-likeness (QED) is 0.836. The molecule has 0 saturated carbocycles. The first-order chi connectivity index (χ1) is 11.0. The van der Waals surface area contributed by atoms with Gasteiger partial charge >= 0.3 is 6.09 Å². The highest BCUT2D eigenvalue weighted by Gasteiger charge is 2.32. The predicted octanol–water partition coefficient (Wildman–Crippen LogP) is 1.27. The first kappa shape index (κ1) is 15.5. The average Bonchev–Trinajstić information content (AvgIpc) is 3.11. The van der Waals surface area contributed by atoms with Crippen molar-refractivity contribution < 1.29 is 19.1 Å². The molecule has 122 valence electrons. The minimum atomic E-state index is -0.409. The molecule has 0 bridgehead atoms. The number of ether oxygens (including phenoxy) is 2. The van der Waals surface area contributed by atoms with E-state index in [0.29, 0.717) is 24.9 Å². The van der Waals surface area contributed by atoms with Crippen molar-refractivity contribution in [1.82, 2.24) is 5.32 Å². The molecule has 2 aliphatic heterocycles. The lowest BCUT2D eigenvalue weighted by Gasteiger charge is -2.17. The summed E-state index contributed by atoms with van der Waals surface area (Å²) >= 11 is 5.13. The van der Waals surface area contributed by atoms with Gasteiger partial charge in [-0.05, 0) is 36.5 Å². The van der Waals surface area contributed by atoms with Gasteiger partial charge in [0.2, 0.25) is 5.91 Å². The third-order valence-electron chi connectivity index (χ3n) is 3.69. The zero-order valence-electron chi connectivity index (χ0n) is 12.7. The molecule has 1 aromatic rings. The number of cyclic esters (lactones) is 1. The summed E-state index contributed by atoms with van der Waals surface area (Å²) in [6.07, 6.45) is -0.751. The van der Waals surface area contributed by atoms with Gasteiger partial charge in [-0.3, -0.25) is 14.6 Å². The van der Waals surface area contributed by atoms with Crippen molar-refractivity contribution >= 4 is 40.8 Å². The Labute approximate surface area is 139 Å². The van der Waals surface area contributed by atoms with Crippen LogP contribution in [-0.4, -0.2) is 49.5 Å². The molecule has 2 fully saturated rings. The first-order valence-corrected chi connectivity index (χ1v) is 7.72. The standard InChI is InChI=1S/C15H17N3O4S/c1-10(19)16-8-13-9-18(14(20)22-13)12-4-2-11(3-5-12)17-6-7-21-15(17)23/h2-5,13H,6-9H2,1H3,(H,16,19)/t13-/m0/s1. The fraction of sp³-hybridized carbons (Fsp3) is 0.400. The van der Waals surface area contributed by atoms with Crippen molar-refractivity contribution in [2.24, 2.45) is 0 Å². The van der Waals surface area contributed by atoms with E-state index in [1.54, 1.807) is 4.90 Å². The molecule has 1 N–H and O–H groups in total.